The third kappa shape index (κ3) is 3.20. The summed E-state index contributed by atoms with van der Waals surface area (Å²) in [5.41, 5.74) is 3.87. The lowest BCUT2D eigenvalue weighted by atomic mass is 10.1. The van der Waals surface area contributed by atoms with Crippen molar-refractivity contribution in [1.29, 1.82) is 0 Å². The standard InChI is InChI=1S/C17H21N3OS/c1-12-16(22-11-18-12)17(21)19-15-8-9-20(10-15)13(2)14-6-4-3-5-7-14/h3-7,11,13,15H,8-10H2,1-2H3,(H,19,21)/t13-,15-/m1/s1. The first kappa shape index (κ1) is 15.2. The summed E-state index contributed by atoms with van der Waals surface area (Å²) in [5.74, 6) is 0.0132. The van der Waals surface area contributed by atoms with Crippen LogP contribution in [0.1, 0.15) is 40.3 Å². The van der Waals surface area contributed by atoms with Gasteiger partial charge in [0.15, 0.2) is 0 Å². The molecule has 22 heavy (non-hydrogen) atoms. The Hall–Kier alpha value is -1.72. The van der Waals surface area contributed by atoms with Crippen LogP contribution in [-0.2, 0) is 0 Å². The summed E-state index contributed by atoms with van der Waals surface area (Å²) in [6.07, 6.45) is 1.00. The number of hydrogen-bond acceptors (Lipinski definition) is 4. The van der Waals surface area contributed by atoms with Crippen LogP contribution in [0.2, 0.25) is 0 Å². The molecule has 0 unspecified atom stereocenters. The van der Waals surface area contributed by atoms with Gasteiger partial charge in [-0.15, -0.1) is 11.3 Å². The number of thiazole rings is 1. The van der Waals surface area contributed by atoms with Gasteiger partial charge in [0.1, 0.15) is 4.88 Å². The fraction of sp³-hybridized carbons (Fsp3) is 0.412. The Morgan fingerprint density at radius 1 is 1.41 bits per heavy atom. The van der Waals surface area contributed by atoms with Crippen LogP contribution in [0.3, 0.4) is 0 Å². The van der Waals surface area contributed by atoms with Gasteiger partial charge in [0.25, 0.3) is 5.91 Å². The molecular formula is C17H21N3OS. The van der Waals surface area contributed by atoms with Gasteiger partial charge >= 0.3 is 0 Å². The number of aromatic nitrogens is 1. The lowest BCUT2D eigenvalue weighted by Gasteiger charge is -2.24. The maximum Gasteiger partial charge on any atom is 0.263 e. The molecule has 116 valence electrons. The van der Waals surface area contributed by atoms with E-state index in [1.54, 1.807) is 5.51 Å². The maximum absolute atomic E-state index is 12.3. The highest BCUT2D eigenvalue weighted by molar-refractivity contribution is 7.11. The molecule has 0 aliphatic carbocycles. The van der Waals surface area contributed by atoms with Crippen molar-refractivity contribution in [2.24, 2.45) is 0 Å². The van der Waals surface area contributed by atoms with E-state index in [0.717, 1.165) is 30.1 Å². The van der Waals surface area contributed by atoms with Gasteiger partial charge < -0.3 is 5.32 Å². The summed E-state index contributed by atoms with van der Waals surface area (Å²) in [5, 5.41) is 3.15. The Bertz CT molecular complexity index is 640. The SMILES string of the molecule is Cc1ncsc1C(=O)N[C@@H]1CCN([C@H](C)c2ccccc2)C1. The van der Waals surface area contributed by atoms with Gasteiger partial charge in [0, 0.05) is 25.2 Å². The summed E-state index contributed by atoms with van der Waals surface area (Å²) < 4.78 is 0. The van der Waals surface area contributed by atoms with Gasteiger partial charge in [-0.2, -0.15) is 0 Å². The van der Waals surface area contributed by atoms with Crippen LogP contribution in [0.15, 0.2) is 35.8 Å². The van der Waals surface area contributed by atoms with Gasteiger partial charge in [-0.05, 0) is 25.8 Å². The summed E-state index contributed by atoms with van der Waals surface area (Å²) >= 11 is 1.41. The van der Waals surface area contributed by atoms with E-state index >= 15 is 0 Å². The number of aryl methyl sites for hydroxylation is 1. The van der Waals surface area contributed by atoms with Crippen LogP contribution in [0.5, 0.6) is 0 Å². The fourth-order valence-corrected chi connectivity index (χ4v) is 3.68. The van der Waals surface area contributed by atoms with Crippen molar-refractivity contribution in [2.75, 3.05) is 13.1 Å². The highest BCUT2D eigenvalue weighted by Gasteiger charge is 2.28. The zero-order valence-corrected chi connectivity index (χ0v) is 13.8. The molecule has 5 heteroatoms. The quantitative estimate of drug-likeness (QED) is 0.943. The molecule has 1 aromatic heterocycles. The maximum atomic E-state index is 12.3. The number of hydrogen-bond donors (Lipinski definition) is 1. The zero-order valence-electron chi connectivity index (χ0n) is 13.0. The van der Waals surface area contributed by atoms with Gasteiger partial charge in [0.05, 0.1) is 11.2 Å². The molecular weight excluding hydrogens is 294 g/mol. The first-order chi connectivity index (χ1) is 10.6. The van der Waals surface area contributed by atoms with E-state index in [4.69, 9.17) is 0 Å². The van der Waals surface area contributed by atoms with E-state index in [1.807, 2.05) is 13.0 Å². The van der Waals surface area contributed by atoms with E-state index in [9.17, 15) is 4.79 Å². The molecule has 2 aromatic rings. The molecule has 2 atom stereocenters. The molecule has 0 radical (unpaired) electrons. The Kier molecular flexibility index (Phi) is 4.55. The lowest BCUT2D eigenvalue weighted by molar-refractivity contribution is 0.0940. The molecule has 1 aromatic carbocycles. The predicted octanol–water partition coefficient (Wildman–Crippen LogP) is 3.02. The first-order valence-corrected chi connectivity index (χ1v) is 8.53. The van der Waals surface area contributed by atoms with E-state index in [-0.39, 0.29) is 11.9 Å². The second-order valence-electron chi connectivity index (χ2n) is 5.81. The Balaban J connectivity index is 1.59. The minimum atomic E-state index is 0.0132. The van der Waals surface area contributed by atoms with Gasteiger partial charge in [0.2, 0.25) is 0 Å². The Morgan fingerprint density at radius 3 is 2.86 bits per heavy atom. The van der Waals surface area contributed by atoms with E-state index in [1.165, 1.54) is 16.9 Å². The molecule has 1 fully saturated rings. The highest BCUT2D eigenvalue weighted by atomic mass is 32.1. The fourth-order valence-electron chi connectivity index (χ4n) is 2.97. The topological polar surface area (TPSA) is 45.2 Å². The molecule has 0 saturated carbocycles. The molecule has 0 bridgehead atoms. The molecule has 1 N–H and O–H groups in total. The average Bonchev–Trinajstić information content (AvgIpc) is 3.16. The van der Waals surface area contributed by atoms with Crippen molar-refractivity contribution in [1.82, 2.24) is 15.2 Å². The monoisotopic (exact) mass is 315 g/mol. The molecule has 3 rings (SSSR count). The van der Waals surface area contributed by atoms with Crippen molar-refractivity contribution >= 4 is 17.2 Å². The van der Waals surface area contributed by atoms with E-state index < -0.39 is 0 Å². The molecule has 1 amide bonds. The molecule has 1 aliphatic rings. The van der Waals surface area contributed by atoms with Crippen LogP contribution in [0.25, 0.3) is 0 Å². The Morgan fingerprint density at radius 2 is 2.18 bits per heavy atom. The number of likely N-dealkylation sites (tertiary alicyclic amines) is 1. The second kappa shape index (κ2) is 6.58. The van der Waals surface area contributed by atoms with Crippen molar-refractivity contribution in [2.45, 2.75) is 32.4 Å². The van der Waals surface area contributed by atoms with E-state index in [0.29, 0.717) is 6.04 Å². The number of benzene rings is 1. The second-order valence-corrected chi connectivity index (χ2v) is 6.66. The summed E-state index contributed by atoms with van der Waals surface area (Å²) in [4.78, 5) is 19.6. The minimum Gasteiger partial charge on any atom is -0.347 e. The van der Waals surface area contributed by atoms with Crippen molar-refractivity contribution in [3.63, 3.8) is 0 Å². The van der Waals surface area contributed by atoms with Crippen LogP contribution in [0.4, 0.5) is 0 Å². The Labute approximate surface area is 135 Å². The predicted molar refractivity (Wildman–Crippen MR) is 89.2 cm³/mol. The number of carbonyl (C=O) groups excluding carboxylic acids is 1. The molecule has 1 aliphatic heterocycles. The number of carbonyl (C=O) groups is 1. The largest absolute Gasteiger partial charge is 0.347 e. The third-order valence-electron chi connectivity index (χ3n) is 4.34. The molecule has 0 spiro atoms. The van der Waals surface area contributed by atoms with Crippen LogP contribution < -0.4 is 5.32 Å². The number of rotatable bonds is 4. The van der Waals surface area contributed by atoms with Crippen molar-refractivity contribution in [3.05, 3.63) is 52.0 Å². The summed E-state index contributed by atoms with van der Waals surface area (Å²) in [6, 6.07) is 11.1. The molecule has 2 heterocycles. The first-order valence-electron chi connectivity index (χ1n) is 7.65. The van der Waals surface area contributed by atoms with Crippen molar-refractivity contribution in [3.8, 4) is 0 Å². The molecule has 4 nitrogen and oxygen atoms in total. The van der Waals surface area contributed by atoms with Crippen LogP contribution in [0, 0.1) is 6.92 Å². The molecule has 1 saturated heterocycles. The van der Waals surface area contributed by atoms with Gasteiger partial charge in [-0.25, -0.2) is 4.98 Å². The average molecular weight is 315 g/mol. The smallest absolute Gasteiger partial charge is 0.263 e. The van der Waals surface area contributed by atoms with Crippen LogP contribution in [-0.4, -0.2) is 34.9 Å². The lowest BCUT2D eigenvalue weighted by Crippen LogP contribution is -2.37. The van der Waals surface area contributed by atoms with Crippen LogP contribution >= 0.6 is 11.3 Å². The normalized spacial score (nSPS) is 20.0. The minimum absolute atomic E-state index is 0.0132. The summed E-state index contributed by atoms with van der Waals surface area (Å²) in [7, 11) is 0. The number of nitrogens with one attached hydrogen (secondary N) is 1. The van der Waals surface area contributed by atoms with Crippen molar-refractivity contribution < 1.29 is 4.79 Å². The van der Waals surface area contributed by atoms with E-state index in [2.05, 4.69) is 46.4 Å². The van der Waals surface area contributed by atoms with Gasteiger partial charge in [-0.1, -0.05) is 30.3 Å². The number of nitrogens with zero attached hydrogens (tertiary/aromatic N) is 2. The third-order valence-corrected chi connectivity index (χ3v) is 5.26. The van der Waals surface area contributed by atoms with Gasteiger partial charge in [-0.3, -0.25) is 9.69 Å². The summed E-state index contributed by atoms with van der Waals surface area (Å²) in [6.45, 7) is 6.03. The highest BCUT2D eigenvalue weighted by Crippen LogP contribution is 2.24. The number of amides is 1. The zero-order chi connectivity index (χ0) is 15.5.